The van der Waals surface area contributed by atoms with E-state index < -0.39 is 0 Å². The van der Waals surface area contributed by atoms with E-state index >= 15 is 0 Å². The molecule has 0 saturated heterocycles. The summed E-state index contributed by atoms with van der Waals surface area (Å²) >= 11 is 0. The van der Waals surface area contributed by atoms with Crippen LogP contribution in [0.1, 0.15) is 11.6 Å². The summed E-state index contributed by atoms with van der Waals surface area (Å²) in [7, 11) is 7.90. The molecular formula is C20H24N10O. The minimum absolute atomic E-state index is 0.648. The fourth-order valence-electron chi connectivity index (χ4n) is 3.02. The average Bonchev–Trinajstić information content (AvgIpc) is 3.38. The van der Waals surface area contributed by atoms with Crippen LogP contribution < -0.4 is 4.74 Å². The molecule has 0 aliphatic rings. The summed E-state index contributed by atoms with van der Waals surface area (Å²) in [6.45, 7) is 1.30. The van der Waals surface area contributed by atoms with Gasteiger partial charge in [-0.1, -0.05) is 0 Å². The van der Waals surface area contributed by atoms with Crippen LogP contribution >= 0.6 is 0 Å². The van der Waals surface area contributed by atoms with E-state index in [1.165, 1.54) is 0 Å². The second-order valence-electron chi connectivity index (χ2n) is 7.58. The van der Waals surface area contributed by atoms with Gasteiger partial charge in [0.2, 0.25) is 0 Å². The summed E-state index contributed by atoms with van der Waals surface area (Å²) in [6.07, 6.45) is 0. The van der Waals surface area contributed by atoms with Crippen LogP contribution in [0, 0.1) is 0 Å². The van der Waals surface area contributed by atoms with E-state index in [0.717, 1.165) is 34.5 Å². The Morgan fingerprint density at radius 2 is 1.03 bits per heavy atom. The van der Waals surface area contributed by atoms with Crippen LogP contribution in [-0.4, -0.2) is 78.4 Å². The number of ether oxygens (including phenoxy) is 1. The first-order valence-electron chi connectivity index (χ1n) is 9.72. The molecule has 31 heavy (non-hydrogen) atoms. The molecule has 11 nitrogen and oxygen atoms in total. The molecule has 0 saturated carbocycles. The summed E-state index contributed by atoms with van der Waals surface area (Å²) in [5.74, 6) is 2.97. The van der Waals surface area contributed by atoms with Gasteiger partial charge < -0.3 is 14.5 Å². The molecule has 0 amide bonds. The van der Waals surface area contributed by atoms with Crippen molar-refractivity contribution in [3.05, 3.63) is 60.2 Å². The van der Waals surface area contributed by atoms with Gasteiger partial charge in [0, 0.05) is 0 Å². The molecule has 0 aliphatic heterocycles. The van der Waals surface area contributed by atoms with Gasteiger partial charge in [-0.25, -0.2) is 0 Å². The number of nitrogens with zero attached hydrogens (tertiary/aromatic N) is 10. The Labute approximate surface area is 179 Å². The molecule has 2 aromatic carbocycles. The van der Waals surface area contributed by atoms with E-state index in [0.29, 0.717) is 13.1 Å². The molecular weight excluding hydrogens is 396 g/mol. The minimum Gasteiger partial charge on any atom is -0.457 e. The summed E-state index contributed by atoms with van der Waals surface area (Å²) < 4.78 is 9.41. The van der Waals surface area contributed by atoms with Crippen LogP contribution in [-0.2, 0) is 13.1 Å². The van der Waals surface area contributed by atoms with Gasteiger partial charge in [0.15, 0.2) is 11.6 Å². The van der Waals surface area contributed by atoms with Crippen LogP contribution in [0.4, 0.5) is 0 Å². The Hall–Kier alpha value is -3.70. The Kier molecular flexibility index (Phi) is 5.96. The number of hydrogen-bond acceptors (Lipinski definition) is 9. The quantitative estimate of drug-likeness (QED) is 0.420. The van der Waals surface area contributed by atoms with Crippen molar-refractivity contribution in [2.75, 3.05) is 28.2 Å². The highest BCUT2D eigenvalue weighted by molar-refractivity contribution is 5.42. The van der Waals surface area contributed by atoms with Gasteiger partial charge in [-0.15, -0.1) is 10.2 Å². The maximum absolute atomic E-state index is 5.97. The lowest BCUT2D eigenvalue weighted by Gasteiger charge is -2.11. The van der Waals surface area contributed by atoms with Crippen LogP contribution in [0.25, 0.3) is 11.4 Å². The van der Waals surface area contributed by atoms with Gasteiger partial charge in [-0.3, -0.25) is 0 Å². The molecule has 0 fully saturated rings. The lowest BCUT2D eigenvalue weighted by molar-refractivity contribution is 0.385. The van der Waals surface area contributed by atoms with E-state index in [2.05, 4.69) is 31.1 Å². The zero-order valence-corrected chi connectivity index (χ0v) is 17.9. The number of benzene rings is 2. The number of hydrogen-bond donors (Lipinski definition) is 0. The first-order chi connectivity index (χ1) is 15.0. The van der Waals surface area contributed by atoms with Gasteiger partial charge in [0.25, 0.3) is 0 Å². The molecule has 0 atom stereocenters. The predicted octanol–water partition coefficient (Wildman–Crippen LogP) is 1.55. The number of rotatable bonds is 8. The normalized spacial score (nSPS) is 11.4. The zero-order valence-electron chi connectivity index (χ0n) is 17.9. The number of aromatic nitrogens is 8. The van der Waals surface area contributed by atoms with Gasteiger partial charge >= 0.3 is 0 Å². The van der Waals surface area contributed by atoms with Crippen LogP contribution in [0.15, 0.2) is 48.5 Å². The van der Waals surface area contributed by atoms with Crippen molar-refractivity contribution in [3.63, 3.8) is 0 Å². The molecule has 2 heterocycles. The topological polar surface area (TPSA) is 103 Å². The Bertz CT molecular complexity index is 1030. The van der Waals surface area contributed by atoms with E-state index in [-0.39, 0.29) is 0 Å². The third-order valence-electron chi connectivity index (χ3n) is 4.38. The molecule has 2 aromatic heterocycles. The van der Waals surface area contributed by atoms with Gasteiger partial charge in [0.1, 0.15) is 11.5 Å². The van der Waals surface area contributed by atoms with Crippen molar-refractivity contribution in [2.45, 2.75) is 13.1 Å². The predicted molar refractivity (Wildman–Crippen MR) is 113 cm³/mol. The Balaban J connectivity index is 1.46. The van der Waals surface area contributed by atoms with Crippen LogP contribution in [0.2, 0.25) is 0 Å². The molecule has 0 N–H and O–H groups in total. The van der Waals surface area contributed by atoms with E-state index in [4.69, 9.17) is 4.74 Å². The van der Waals surface area contributed by atoms with Crippen molar-refractivity contribution in [1.82, 2.24) is 50.2 Å². The van der Waals surface area contributed by atoms with E-state index in [1.807, 2.05) is 86.5 Å². The van der Waals surface area contributed by atoms with Gasteiger partial charge in [0.05, 0.1) is 24.5 Å². The fraction of sp³-hybridized carbons (Fsp3) is 0.300. The van der Waals surface area contributed by atoms with Crippen molar-refractivity contribution in [3.8, 4) is 22.9 Å². The fourth-order valence-corrected chi connectivity index (χ4v) is 3.02. The van der Waals surface area contributed by atoms with Crippen molar-refractivity contribution >= 4 is 0 Å². The van der Waals surface area contributed by atoms with Gasteiger partial charge in [-0.05, 0) is 97.6 Å². The second-order valence-corrected chi connectivity index (χ2v) is 7.58. The lowest BCUT2D eigenvalue weighted by atomic mass is 10.3. The van der Waals surface area contributed by atoms with E-state index in [9.17, 15) is 0 Å². The second kappa shape index (κ2) is 8.98. The largest absolute Gasteiger partial charge is 0.457 e. The molecule has 11 heteroatoms. The molecule has 0 spiro atoms. The molecule has 4 aromatic rings. The van der Waals surface area contributed by atoms with E-state index in [1.54, 1.807) is 9.36 Å². The molecule has 4 rings (SSSR count). The highest BCUT2D eigenvalue weighted by Gasteiger charge is 2.11. The Morgan fingerprint density at radius 3 is 1.39 bits per heavy atom. The molecule has 0 aliphatic carbocycles. The third kappa shape index (κ3) is 4.90. The summed E-state index contributed by atoms with van der Waals surface area (Å²) in [5.41, 5.74) is 1.74. The number of tetrazole rings is 2. The third-order valence-corrected chi connectivity index (χ3v) is 4.38. The van der Waals surface area contributed by atoms with Gasteiger partial charge in [-0.2, -0.15) is 9.36 Å². The minimum atomic E-state index is 0.648. The highest BCUT2D eigenvalue weighted by atomic mass is 16.5. The standard InChI is InChI=1S/C20H24N10O/c1-27(2)13-19-21-23-25-29(19)15-5-9-17(10-6-15)31-18-11-7-16(8-12-18)30-20(14-28(3)4)22-24-26-30/h5-12H,13-14H2,1-4H3. The first kappa shape index (κ1) is 20.6. The molecule has 0 bridgehead atoms. The summed E-state index contributed by atoms with van der Waals surface area (Å²) in [4.78, 5) is 4.03. The SMILES string of the molecule is CN(C)Cc1nnnn1-c1ccc(Oc2ccc(-n3nnnc3CN(C)C)cc2)cc1. The van der Waals surface area contributed by atoms with Crippen molar-refractivity contribution in [1.29, 1.82) is 0 Å². The molecule has 0 radical (unpaired) electrons. The summed E-state index contributed by atoms with van der Waals surface area (Å²) in [6, 6.07) is 15.3. The zero-order chi connectivity index (χ0) is 21.8. The lowest BCUT2D eigenvalue weighted by Crippen LogP contribution is -2.15. The van der Waals surface area contributed by atoms with Crippen LogP contribution in [0.3, 0.4) is 0 Å². The molecule has 0 unspecified atom stereocenters. The Morgan fingerprint density at radius 1 is 0.645 bits per heavy atom. The maximum atomic E-state index is 5.97. The first-order valence-corrected chi connectivity index (χ1v) is 9.72. The smallest absolute Gasteiger partial charge is 0.170 e. The van der Waals surface area contributed by atoms with Crippen molar-refractivity contribution < 1.29 is 4.74 Å². The molecule has 160 valence electrons. The van der Waals surface area contributed by atoms with Crippen LogP contribution in [0.5, 0.6) is 11.5 Å². The monoisotopic (exact) mass is 420 g/mol. The summed E-state index contributed by atoms with van der Waals surface area (Å²) in [5, 5.41) is 23.9. The maximum Gasteiger partial charge on any atom is 0.170 e. The van der Waals surface area contributed by atoms with Crippen molar-refractivity contribution in [2.24, 2.45) is 0 Å². The average molecular weight is 420 g/mol. The highest BCUT2D eigenvalue weighted by Crippen LogP contribution is 2.24.